The van der Waals surface area contributed by atoms with E-state index in [1.807, 2.05) is 0 Å². The van der Waals surface area contributed by atoms with Gasteiger partial charge in [0, 0.05) is 0 Å². The topological polar surface area (TPSA) is 93.1 Å². The number of carbonyl (C=O) groups is 2. The lowest BCUT2D eigenvalue weighted by molar-refractivity contribution is -0.927. The molecule has 0 rings (SSSR count). The third-order valence-electron chi connectivity index (χ3n) is 4.05. The summed E-state index contributed by atoms with van der Waals surface area (Å²) >= 11 is 5.07. The van der Waals surface area contributed by atoms with Gasteiger partial charge in [0.15, 0.2) is 0 Å². The lowest BCUT2D eigenvalue weighted by atomic mass is 10.1. The van der Waals surface area contributed by atoms with Crippen molar-refractivity contribution in [1.82, 2.24) is 0 Å². The Morgan fingerprint density at radius 3 is 1.76 bits per heavy atom. The van der Waals surface area contributed by atoms with Gasteiger partial charge in [-0.25, -0.2) is 0 Å². The zero-order valence-corrected chi connectivity index (χ0v) is 16.1. The largest absolute Gasteiger partial charge is 0.792 e. The van der Waals surface area contributed by atoms with Gasteiger partial charge in [0.25, 0.3) is 0 Å². The molecule has 0 aromatic heterocycles. The van der Waals surface area contributed by atoms with E-state index in [9.17, 15) is 9.59 Å². The molecular weight excluding hydrogens is 346 g/mol. The molecule has 25 heavy (non-hydrogen) atoms. The fourth-order valence-electron chi connectivity index (χ4n) is 2.68. The van der Waals surface area contributed by atoms with Crippen molar-refractivity contribution in [1.29, 1.82) is 0 Å². The maximum atomic E-state index is 11.8. The van der Waals surface area contributed by atoms with Gasteiger partial charge in [-0.2, -0.15) is 5.75 Å². The van der Waals surface area contributed by atoms with E-state index in [1.165, 1.54) is 0 Å². The Kier molecular flexibility index (Phi) is 14.9. The summed E-state index contributed by atoms with van der Waals surface area (Å²) in [6.45, 7) is 4.58. The van der Waals surface area contributed by atoms with Crippen LogP contribution in [0.15, 0.2) is 0 Å². The van der Waals surface area contributed by atoms with E-state index in [0.717, 1.165) is 32.4 Å². The molecular formula is C17H33NO6S. The fourth-order valence-corrected chi connectivity index (χ4v) is 2.81. The average Bonchev–Trinajstić information content (AvgIpc) is 2.63. The summed E-state index contributed by atoms with van der Waals surface area (Å²) in [4.78, 5) is 23.6. The third-order valence-corrected chi connectivity index (χ3v) is 4.34. The molecule has 0 aromatic rings. The number of aliphatic hydroxyl groups excluding tert-OH is 2. The van der Waals surface area contributed by atoms with Gasteiger partial charge in [-0.3, -0.25) is 9.59 Å². The molecule has 0 saturated carbocycles. The molecule has 0 saturated heterocycles. The van der Waals surface area contributed by atoms with Gasteiger partial charge >= 0.3 is 11.9 Å². The zero-order valence-electron chi connectivity index (χ0n) is 15.3. The summed E-state index contributed by atoms with van der Waals surface area (Å²) in [5.74, 6) is -0.0423. The molecule has 0 unspecified atom stereocenters. The first-order valence-electron chi connectivity index (χ1n) is 8.99. The van der Waals surface area contributed by atoms with Crippen LogP contribution in [0.4, 0.5) is 0 Å². The first-order chi connectivity index (χ1) is 12.0. The number of rotatable bonds is 16. The number of aliphatic hydroxyl groups is 2. The lowest BCUT2D eigenvalue weighted by Gasteiger charge is -2.39. The number of hydrogen-bond acceptors (Lipinski definition) is 7. The Balaban J connectivity index is 4.81. The van der Waals surface area contributed by atoms with Gasteiger partial charge in [0.05, 0.1) is 52.2 Å². The molecule has 0 aliphatic carbocycles. The van der Waals surface area contributed by atoms with Crippen molar-refractivity contribution in [3.63, 3.8) is 0 Å². The van der Waals surface area contributed by atoms with Crippen LogP contribution in [0.1, 0.15) is 39.0 Å². The number of ether oxygens (including phenoxy) is 2. The molecule has 0 amide bonds. The molecule has 0 atom stereocenters. The van der Waals surface area contributed by atoms with E-state index >= 15 is 0 Å². The second-order valence-electron chi connectivity index (χ2n) is 6.04. The molecule has 0 radical (unpaired) electrons. The van der Waals surface area contributed by atoms with E-state index in [1.54, 1.807) is 0 Å². The Labute approximate surface area is 156 Å². The van der Waals surface area contributed by atoms with Gasteiger partial charge in [-0.15, -0.1) is 0 Å². The van der Waals surface area contributed by atoms with Gasteiger partial charge in [-0.05, 0) is 12.8 Å². The number of carbonyl (C=O) groups excluding carboxylic acids is 2. The van der Waals surface area contributed by atoms with Gasteiger partial charge in [-0.1, -0.05) is 13.3 Å². The molecule has 0 aliphatic heterocycles. The molecule has 0 bridgehead atoms. The van der Waals surface area contributed by atoms with Crippen molar-refractivity contribution in [2.45, 2.75) is 39.0 Å². The third kappa shape index (κ3) is 12.2. The minimum atomic E-state index is -0.339. The van der Waals surface area contributed by atoms with Gasteiger partial charge in [0.2, 0.25) is 0 Å². The van der Waals surface area contributed by atoms with Crippen LogP contribution >= 0.6 is 0 Å². The van der Waals surface area contributed by atoms with Crippen LogP contribution in [-0.4, -0.2) is 85.0 Å². The van der Waals surface area contributed by atoms with Crippen molar-refractivity contribution in [3.05, 3.63) is 0 Å². The highest BCUT2D eigenvalue weighted by molar-refractivity contribution is 7.58. The summed E-state index contributed by atoms with van der Waals surface area (Å²) in [5, 5.41) is 17.5. The molecule has 0 fully saturated rings. The van der Waals surface area contributed by atoms with Crippen molar-refractivity contribution in [2.24, 2.45) is 0 Å². The normalized spacial score (nSPS) is 11.4. The number of unbranched alkanes of at least 4 members (excludes halogenated alkanes) is 1. The van der Waals surface area contributed by atoms with Crippen molar-refractivity contribution in [3.8, 4) is 0 Å². The first kappa shape index (κ1) is 24.2. The molecule has 0 spiro atoms. The van der Waals surface area contributed by atoms with Crippen LogP contribution in [-0.2, 0) is 31.7 Å². The molecule has 8 heteroatoms. The van der Waals surface area contributed by atoms with E-state index in [0.29, 0.717) is 23.3 Å². The minimum Gasteiger partial charge on any atom is -0.792 e. The maximum Gasteiger partial charge on any atom is 0.311 e. The van der Waals surface area contributed by atoms with Crippen LogP contribution < -0.4 is 0 Å². The standard InChI is InChI=1S/C17H33NO6S/c1-2-3-7-18(8-4-15-25,9-5-16(21)23-13-11-19)10-6-17(22)24-14-12-20/h19-20H,2-15H2,1H3. The van der Waals surface area contributed by atoms with E-state index in [2.05, 4.69) is 6.92 Å². The number of nitrogens with zero attached hydrogens (tertiary/aromatic N) is 1. The predicted octanol–water partition coefficient (Wildman–Crippen LogP) is 0.392. The zero-order chi connectivity index (χ0) is 19.0. The monoisotopic (exact) mass is 379 g/mol. The van der Waals surface area contributed by atoms with Crippen LogP contribution in [0.2, 0.25) is 0 Å². The number of esters is 2. The smallest absolute Gasteiger partial charge is 0.311 e. The second-order valence-corrected chi connectivity index (χ2v) is 6.44. The summed E-state index contributed by atoms with van der Waals surface area (Å²) in [7, 11) is 0. The van der Waals surface area contributed by atoms with Crippen molar-refractivity contribution >= 4 is 24.6 Å². The van der Waals surface area contributed by atoms with E-state index in [4.69, 9.17) is 32.3 Å². The highest BCUT2D eigenvalue weighted by Crippen LogP contribution is 2.15. The number of quaternary nitrogens is 1. The number of hydrogen-bond donors (Lipinski definition) is 2. The summed E-state index contributed by atoms with van der Waals surface area (Å²) < 4.78 is 10.5. The van der Waals surface area contributed by atoms with Crippen LogP contribution in [0.25, 0.3) is 0 Å². The Hall–Kier alpha value is -0.830. The Morgan fingerprint density at radius 2 is 1.36 bits per heavy atom. The van der Waals surface area contributed by atoms with E-state index in [-0.39, 0.29) is 51.2 Å². The minimum absolute atomic E-state index is 0.00738. The summed E-state index contributed by atoms with van der Waals surface area (Å²) in [6, 6.07) is 0. The van der Waals surface area contributed by atoms with Crippen LogP contribution in [0, 0.1) is 0 Å². The van der Waals surface area contributed by atoms with Gasteiger partial charge in [0.1, 0.15) is 13.2 Å². The lowest BCUT2D eigenvalue weighted by Crippen LogP contribution is -2.52. The molecule has 148 valence electrons. The highest BCUT2D eigenvalue weighted by atomic mass is 32.1. The van der Waals surface area contributed by atoms with E-state index < -0.39 is 0 Å². The highest BCUT2D eigenvalue weighted by Gasteiger charge is 2.28. The molecule has 0 aromatic carbocycles. The first-order valence-corrected chi connectivity index (χ1v) is 9.57. The van der Waals surface area contributed by atoms with Crippen LogP contribution in [0.3, 0.4) is 0 Å². The summed E-state index contributed by atoms with van der Waals surface area (Å²) in [6.07, 6.45) is 3.35. The maximum absolute atomic E-state index is 11.8. The van der Waals surface area contributed by atoms with Gasteiger partial charge < -0.3 is 36.8 Å². The quantitative estimate of drug-likeness (QED) is 0.228. The Bertz CT molecular complexity index is 333. The molecule has 2 N–H and O–H groups in total. The Morgan fingerprint density at radius 1 is 0.880 bits per heavy atom. The fraction of sp³-hybridized carbons (Fsp3) is 0.882. The van der Waals surface area contributed by atoms with Crippen molar-refractivity contribution < 1.29 is 33.8 Å². The molecule has 0 aliphatic rings. The molecule has 7 nitrogen and oxygen atoms in total. The predicted molar refractivity (Wildman–Crippen MR) is 96.8 cm³/mol. The van der Waals surface area contributed by atoms with Crippen LogP contribution in [0.5, 0.6) is 0 Å². The second kappa shape index (κ2) is 15.4. The summed E-state index contributed by atoms with van der Waals surface area (Å²) in [5.41, 5.74) is 0. The average molecular weight is 380 g/mol. The van der Waals surface area contributed by atoms with Crippen molar-refractivity contribution in [2.75, 3.05) is 58.4 Å². The molecule has 0 heterocycles. The SMILES string of the molecule is CCCC[N+](CCC[S-])(CCC(=O)OCCO)CCC(=O)OCCO.